The second kappa shape index (κ2) is 3.77. The van der Waals surface area contributed by atoms with Gasteiger partial charge < -0.3 is 9.64 Å². The molecule has 2 rings (SSSR count). The first kappa shape index (κ1) is 9.77. The Morgan fingerprint density at radius 3 is 2.67 bits per heavy atom. The van der Waals surface area contributed by atoms with Crippen LogP contribution in [0.25, 0.3) is 5.57 Å². The quantitative estimate of drug-likeness (QED) is 0.698. The lowest BCUT2D eigenvalue weighted by atomic mass is 10.1. The Morgan fingerprint density at radius 1 is 1.27 bits per heavy atom. The van der Waals surface area contributed by atoms with Gasteiger partial charge in [0.1, 0.15) is 0 Å². The molecular weight excluding hydrogens is 188 g/mol. The summed E-state index contributed by atoms with van der Waals surface area (Å²) in [6.45, 7) is 0. The fourth-order valence-corrected chi connectivity index (χ4v) is 1.62. The van der Waals surface area contributed by atoms with Crippen molar-refractivity contribution in [3.63, 3.8) is 0 Å². The van der Waals surface area contributed by atoms with Crippen molar-refractivity contribution in [3.8, 4) is 0 Å². The number of nitrogens with zero attached hydrogens (tertiary/aromatic N) is 2. The third kappa shape index (κ3) is 1.73. The van der Waals surface area contributed by atoms with E-state index in [0.29, 0.717) is 5.90 Å². The lowest BCUT2D eigenvalue weighted by Gasteiger charge is -2.09. The molecule has 0 aliphatic carbocycles. The van der Waals surface area contributed by atoms with E-state index < -0.39 is 0 Å². The standard InChI is InChI=1S/C12H14N2O/c1-14(2)8-10-9-6-4-5-7-11(9)13-12(10)15-3/h4-8H,1-3H3/b10-8-. The Labute approximate surface area is 89.7 Å². The summed E-state index contributed by atoms with van der Waals surface area (Å²) in [5.74, 6) is 0.685. The van der Waals surface area contributed by atoms with Crippen LogP contribution in [-0.4, -0.2) is 32.0 Å². The Balaban J connectivity index is 2.50. The third-order valence-corrected chi connectivity index (χ3v) is 2.23. The smallest absolute Gasteiger partial charge is 0.223 e. The van der Waals surface area contributed by atoms with Crippen LogP contribution >= 0.6 is 0 Å². The van der Waals surface area contributed by atoms with Gasteiger partial charge >= 0.3 is 0 Å². The van der Waals surface area contributed by atoms with Gasteiger partial charge in [-0.25, -0.2) is 4.99 Å². The van der Waals surface area contributed by atoms with E-state index >= 15 is 0 Å². The number of aliphatic imine (C=N–C) groups is 1. The van der Waals surface area contributed by atoms with Gasteiger partial charge in [-0.1, -0.05) is 18.2 Å². The molecule has 0 amide bonds. The predicted molar refractivity (Wildman–Crippen MR) is 62.2 cm³/mol. The molecule has 0 radical (unpaired) electrons. The number of ether oxygens (including phenoxy) is 1. The fraction of sp³-hybridized carbons (Fsp3) is 0.250. The van der Waals surface area contributed by atoms with Crippen molar-refractivity contribution in [1.82, 2.24) is 4.90 Å². The van der Waals surface area contributed by atoms with Crippen LogP contribution in [0.1, 0.15) is 5.56 Å². The van der Waals surface area contributed by atoms with Crippen molar-refractivity contribution >= 4 is 17.2 Å². The van der Waals surface area contributed by atoms with E-state index in [-0.39, 0.29) is 0 Å². The number of benzene rings is 1. The van der Waals surface area contributed by atoms with Crippen LogP contribution in [-0.2, 0) is 4.74 Å². The van der Waals surface area contributed by atoms with Crippen LogP contribution in [0.5, 0.6) is 0 Å². The van der Waals surface area contributed by atoms with Crippen molar-refractivity contribution in [1.29, 1.82) is 0 Å². The predicted octanol–water partition coefficient (Wildman–Crippen LogP) is 2.28. The van der Waals surface area contributed by atoms with E-state index in [9.17, 15) is 0 Å². The van der Waals surface area contributed by atoms with Crippen LogP contribution in [0.15, 0.2) is 35.5 Å². The zero-order valence-corrected chi connectivity index (χ0v) is 9.19. The highest BCUT2D eigenvalue weighted by Gasteiger charge is 2.20. The van der Waals surface area contributed by atoms with E-state index in [1.165, 1.54) is 0 Å². The van der Waals surface area contributed by atoms with Crippen LogP contribution in [0, 0.1) is 0 Å². The molecule has 0 fully saturated rings. The molecule has 0 aromatic heterocycles. The molecule has 3 heteroatoms. The van der Waals surface area contributed by atoms with Gasteiger partial charge in [-0.2, -0.15) is 0 Å². The summed E-state index contributed by atoms with van der Waals surface area (Å²) in [6, 6.07) is 8.04. The molecule has 1 aromatic rings. The first-order chi connectivity index (χ1) is 7.22. The topological polar surface area (TPSA) is 24.8 Å². The van der Waals surface area contributed by atoms with E-state index in [0.717, 1.165) is 16.8 Å². The molecule has 0 saturated heterocycles. The van der Waals surface area contributed by atoms with Gasteiger partial charge in [0.2, 0.25) is 5.90 Å². The zero-order valence-electron chi connectivity index (χ0n) is 9.19. The van der Waals surface area contributed by atoms with Gasteiger partial charge in [0, 0.05) is 25.9 Å². The number of rotatable bonds is 1. The van der Waals surface area contributed by atoms with Crippen molar-refractivity contribution in [2.45, 2.75) is 0 Å². The van der Waals surface area contributed by atoms with E-state index in [1.807, 2.05) is 43.4 Å². The lowest BCUT2D eigenvalue weighted by molar-refractivity contribution is 0.409. The number of methoxy groups -OCH3 is 1. The molecular formula is C12H14N2O. The zero-order chi connectivity index (χ0) is 10.8. The highest BCUT2D eigenvalue weighted by molar-refractivity contribution is 6.24. The van der Waals surface area contributed by atoms with Crippen LogP contribution < -0.4 is 0 Å². The molecule has 3 nitrogen and oxygen atoms in total. The molecule has 1 aliphatic heterocycles. The minimum atomic E-state index is 0.685. The summed E-state index contributed by atoms with van der Waals surface area (Å²) in [5, 5.41) is 0. The molecule has 0 saturated carbocycles. The maximum absolute atomic E-state index is 5.26. The molecule has 0 unspecified atom stereocenters. The highest BCUT2D eigenvalue weighted by atomic mass is 16.5. The average molecular weight is 202 g/mol. The Morgan fingerprint density at radius 2 is 2.00 bits per heavy atom. The Hall–Kier alpha value is -1.77. The third-order valence-electron chi connectivity index (χ3n) is 2.23. The first-order valence-electron chi connectivity index (χ1n) is 4.83. The van der Waals surface area contributed by atoms with Crippen molar-refractivity contribution in [2.75, 3.05) is 21.2 Å². The molecule has 0 spiro atoms. The van der Waals surface area contributed by atoms with E-state index in [2.05, 4.69) is 11.1 Å². The van der Waals surface area contributed by atoms with Gasteiger partial charge in [-0.05, 0) is 6.07 Å². The molecule has 1 aliphatic rings. The minimum absolute atomic E-state index is 0.685. The first-order valence-corrected chi connectivity index (χ1v) is 4.83. The van der Waals surface area contributed by atoms with Gasteiger partial charge in [0.05, 0.1) is 18.4 Å². The van der Waals surface area contributed by atoms with Crippen molar-refractivity contribution in [2.24, 2.45) is 4.99 Å². The molecule has 1 heterocycles. The monoisotopic (exact) mass is 202 g/mol. The molecule has 0 atom stereocenters. The maximum atomic E-state index is 5.26. The molecule has 0 N–H and O–H groups in total. The second-order valence-corrected chi connectivity index (χ2v) is 3.64. The molecule has 15 heavy (non-hydrogen) atoms. The number of hydrogen-bond acceptors (Lipinski definition) is 3. The SMILES string of the molecule is COC1=Nc2ccccc2/C1=C/N(C)C. The normalized spacial score (nSPS) is 16.2. The summed E-state index contributed by atoms with van der Waals surface area (Å²) in [7, 11) is 5.62. The van der Waals surface area contributed by atoms with Gasteiger partial charge in [0.15, 0.2) is 0 Å². The lowest BCUT2D eigenvalue weighted by Crippen LogP contribution is -2.07. The number of para-hydroxylation sites is 1. The fourth-order valence-electron chi connectivity index (χ4n) is 1.62. The minimum Gasteiger partial charge on any atom is -0.480 e. The van der Waals surface area contributed by atoms with Crippen LogP contribution in [0.2, 0.25) is 0 Å². The summed E-state index contributed by atoms with van der Waals surface area (Å²) >= 11 is 0. The maximum Gasteiger partial charge on any atom is 0.223 e. The Kier molecular flexibility index (Phi) is 2.46. The van der Waals surface area contributed by atoms with E-state index in [1.54, 1.807) is 7.11 Å². The van der Waals surface area contributed by atoms with Crippen LogP contribution in [0.4, 0.5) is 5.69 Å². The van der Waals surface area contributed by atoms with Crippen molar-refractivity contribution < 1.29 is 4.74 Å². The van der Waals surface area contributed by atoms with Gasteiger partial charge in [-0.15, -0.1) is 0 Å². The molecule has 78 valence electrons. The van der Waals surface area contributed by atoms with Crippen LogP contribution in [0.3, 0.4) is 0 Å². The van der Waals surface area contributed by atoms with E-state index in [4.69, 9.17) is 4.74 Å². The highest BCUT2D eigenvalue weighted by Crippen LogP contribution is 2.34. The average Bonchev–Trinajstić information content (AvgIpc) is 2.56. The Bertz CT molecular complexity index is 433. The summed E-state index contributed by atoms with van der Waals surface area (Å²) in [4.78, 5) is 6.40. The number of hydrogen-bond donors (Lipinski definition) is 0. The summed E-state index contributed by atoms with van der Waals surface area (Å²) < 4.78 is 5.26. The molecule has 0 bridgehead atoms. The largest absolute Gasteiger partial charge is 0.480 e. The van der Waals surface area contributed by atoms with Crippen molar-refractivity contribution in [3.05, 3.63) is 36.0 Å². The van der Waals surface area contributed by atoms with Gasteiger partial charge in [0.25, 0.3) is 0 Å². The second-order valence-electron chi connectivity index (χ2n) is 3.64. The molecule has 1 aromatic carbocycles. The summed E-state index contributed by atoms with van der Waals surface area (Å²) in [6.07, 6.45) is 2.02. The number of fused-ring (bicyclic) bond motifs is 1. The summed E-state index contributed by atoms with van der Waals surface area (Å²) in [5.41, 5.74) is 3.14. The van der Waals surface area contributed by atoms with Gasteiger partial charge in [-0.3, -0.25) is 0 Å².